The molecule has 1 amide bonds. The summed E-state index contributed by atoms with van der Waals surface area (Å²) in [5.74, 6) is 0.631. The Bertz CT molecular complexity index is 474. The van der Waals surface area contributed by atoms with Gasteiger partial charge in [-0.2, -0.15) is 0 Å². The summed E-state index contributed by atoms with van der Waals surface area (Å²) in [6.45, 7) is 2.00. The molecular weight excluding hydrogens is 240 g/mol. The first-order chi connectivity index (χ1) is 9.12. The molecule has 1 saturated heterocycles. The first-order valence-electron chi connectivity index (χ1n) is 6.75. The number of fused-ring (bicyclic) bond motifs is 1. The predicted octanol–water partition coefficient (Wildman–Crippen LogP) is 1.96. The van der Waals surface area contributed by atoms with Crippen LogP contribution in [0.25, 0.3) is 0 Å². The highest BCUT2D eigenvalue weighted by Gasteiger charge is 2.62. The maximum absolute atomic E-state index is 12.0. The number of rotatable bonds is 3. The number of hydrogen-bond acceptors (Lipinski definition) is 3. The fourth-order valence-electron chi connectivity index (χ4n) is 3.10. The molecule has 1 aliphatic heterocycles. The summed E-state index contributed by atoms with van der Waals surface area (Å²) >= 11 is 0. The van der Waals surface area contributed by atoms with Crippen molar-refractivity contribution in [2.24, 2.45) is 5.92 Å². The molecule has 1 aromatic carbocycles. The summed E-state index contributed by atoms with van der Waals surface area (Å²) in [6.07, 6.45) is 1.03. The van der Waals surface area contributed by atoms with Crippen molar-refractivity contribution in [3.8, 4) is 0 Å². The Kier molecular flexibility index (Phi) is 2.97. The minimum Gasteiger partial charge on any atom is -0.445 e. The van der Waals surface area contributed by atoms with Gasteiger partial charge in [-0.05, 0) is 32.0 Å². The van der Waals surface area contributed by atoms with Crippen LogP contribution in [0.1, 0.15) is 12.0 Å². The molecule has 0 aromatic heterocycles. The van der Waals surface area contributed by atoms with Gasteiger partial charge in [-0.15, -0.1) is 0 Å². The van der Waals surface area contributed by atoms with Gasteiger partial charge < -0.3 is 14.5 Å². The molecule has 19 heavy (non-hydrogen) atoms. The van der Waals surface area contributed by atoms with Crippen molar-refractivity contribution >= 4 is 6.09 Å². The predicted molar refractivity (Wildman–Crippen MR) is 72.7 cm³/mol. The molecule has 1 aliphatic carbocycles. The van der Waals surface area contributed by atoms with Crippen molar-refractivity contribution in [1.29, 1.82) is 0 Å². The lowest BCUT2D eigenvalue weighted by molar-refractivity contribution is 0.0955. The largest absolute Gasteiger partial charge is 0.445 e. The second kappa shape index (κ2) is 4.53. The first-order valence-corrected chi connectivity index (χ1v) is 6.75. The summed E-state index contributed by atoms with van der Waals surface area (Å²) in [5, 5.41) is 0. The lowest BCUT2D eigenvalue weighted by atomic mass is 10.2. The number of piperidine rings is 1. The summed E-state index contributed by atoms with van der Waals surface area (Å²) in [7, 11) is 4.19. The second-order valence-electron chi connectivity index (χ2n) is 5.82. The number of ether oxygens (including phenoxy) is 1. The van der Waals surface area contributed by atoms with Crippen LogP contribution in [0.5, 0.6) is 0 Å². The molecule has 0 bridgehead atoms. The molecule has 3 rings (SSSR count). The minimum atomic E-state index is -0.183. The average molecular weight is 260 g/mol. The summed E-state index contributed by atoms with van der Waals surface area (Å²) in [5.41, 5.74) is 1.26. The molecule has 1 aromatic rings. The fourth-order valence-corrected chi connectivity index (χ4v) is 3.10. The van der Waals surface area contributed by atoms with Gasteiger partial charge in [0.05, 0.1) is 0 Å². The van der Waals surface area contributed by atoms with E-state index in [-0.39, 0.29) is 11.6 Å². The molecule has 0 unspecified atom stereocenters. The SMILES string of the molecule is CN(C)[C@@]12C[C@@H]1CN(C(=O)OCc1ccccc1)C2. The van der Waals surface area contributed by atoms with Gasteiger partial charge in [-0.3, -0.25) is 0 Å². The van der Waals surface area contributed by atoms with Crippen LogP contribution >= 0.6 is 0 Å². The molecule has 0 N–H and O–H groups in total. The van der Waals surface area contributed by atoms with E-state index < -0.39 is 0 Å². The van der Waals surface area contributed by atoms with Crippen LogP contribution in [-0.4, -0.2) is 48.6 Å². The van der Waals surface area contributed by atoms with Gasteiger partial charge in [0.1, 0.15) is 6.61 Å². The number of likely N-dealkylation sites (tertiary alicyclic amines) is 1. The molecule has 0 spiro atoms. The van der Waals surface area contributed by atoms with Crippen LogP contribution in [0, 0.1) is 5.92 Å². The highest BCUT2D eigenvalue weighted by Crippen LogP contribution is 2.52. The number of nitrogens with zero attached hydrogens (tertiary/aromatic N) is 2. The van der Waals surface area contributed by atoms with Crippen LogP contribution in [0.2, 0.25) is 0 Å². The van der Waals surface area contributed by atoms with Crippen molar-refractivity contribution in [2.45, 2.75) is 18.6 Å². The quantitative estimate of drug-likeness (QED) is 0.833. The Balaban J connectivity index is 1.53. The lowest BCUT2D eigenvalue weighted by Gasteiger charge is -2.25. The number of likely N-dealkylation sites (N-methyl/N-ethyl adjacent to an activating group) is 1. The molecule has 1 heterocycles. The fraction of sp³-hybridized carbons (Fsp3) is 0.533. The van der Waals surface area contributed by atoms with Gasteiger partial charge in [0.2, 0.25) is 0 Å². The van der Waals surface area contributed by atoms with Gasteiger partial charge >= 0.3 is 6.09 Å². The molecule has 2 atom stereocenters. The van der Waals surface area contributed by atoms with Crippen LogP contribution in [-0.2, 0) is 11.3 Å². The molecule has 0 radical (unpaired) electrons. The third kappa shape index (κ3) is 2.21. The number of carbonyl (C=O) groups excluding carboxylic acids is 1. The topological polar surface area (TPSA) is 32.8 Å². The van der Waals surface area contributed by atoms with Gasteiger partial charge in [-0.1, -0.05) is 30.3 Å². The minimum absolute atomic E-state index is 0.183. The van der Waals surface area contributed by atoms with Crippen molar-refractivity contribution in [2.75, 3.05) is 27.2 Å². The molecule has 2 aliphatic rings. The molecule has 4 heteroatoms. The van der Waals surface area contributed by atoms with E-state index >= 15 is 0 Å². The van der Waals surface area contributed by atoms with Crippen molar-refractivity contribution in [1.82, 2.24) is 9.80 Å². The van der Waals surface area contributed by atoms with Crippen molar-refractivity contribution < 1.29 is 9.53 Å². The van der Waals surface area contributed by atoms with Crippen molar-refractivity contribution in [3.63, 3.8) is 0 Å². The first kappa shape index (κ1) is 12.5. The summed E-state index contributed by atoms with van der Waals surface area (Å²) < 4.78 is 5.37. The van der Waals surface area contributed by atoms with Gasteiger partial charge in [0.25, 0.3) is 0 Å². The van der Waals surface area contributed by atoms with E-state index in [1.807, 2.05) is 35.2 Å². The molecule has 4 nitrogen and oxygen atoms in total. The van der Waals surface area contributed by atoms with E-state index in [9.17, 15) is 4.79 Å². The highest BCUT2D eigenvalue weighted by molar-refractivity contribution is 5.69. The Labute approximate surface area is 113 Å². The van der Waals surface area contributed by atoms with Crippen LogP contribution in [0.4, 0.5) is 4.79 Å². The zero-order valence-corrected chi connectivity index (χ0v) is 11.5. The number of hydrogen-bond donors (Lipinski definition) is 0. The standard InChI is InChI=1S/C15H20N2O2/c1-16(2)15-8-13(15)9-17(11-15)14(18)19-10-12-6-4-3-5-7-12/h3-7,13H,8-11H2,1-2H3/t13-,15-/m1/s1. The van der Waals surface area contributed by atoms with Gasteiger partial charge in [0.15, 0.2) is 0 Å². The zero-order chi connectivity index (χ0) is 13.5. The van der Waals surface area contributed by atoms with E-state index in [0.29, 0.717) is 12.5 Å². The zero-order valence-electron chi connectivity index (χ0n) is 11.5. The number of carbonyl (C=O) groups is 1. The monoisotopic (exact) mass is 260 g/mol. The summed E-state index contributed by atoms with van der Waals surface area (Å²) in [6, 6.07) is 9.80. The van der Waals surface area contributed by atoms with E-state index in [1.54, 1.807) is 0 Å². The Morgan fingerprint density at radius 1 is 1.42 bits per heavy atom. The van der Waals surface area contributed by atoms with E-state index in [1.165, 1.54) is 6.42 Å². The lowest BCUT2D eigenvalue weighted by Crippen LogP contribution is -2.40. The van der Waals surface area contributed by atoms with E-state index in [0.717, 1.165) is 18.7 Å². The average Bonchev–Trinajstić information content (AvgIpc) is 3.00. The highest BCUT2D eigenvalue weighted by atomic mass is 16.6. The maximum atomic E-state index is 12.0. The van der Waals surface area contributed by atoms with E-state index in [2.05, 4.69) is 19.0 Å². The van der Waals surface area contributed by atoms with Gasteiger partial charge in [0, 0.05) is 18.6 Å². The van der Waals surface area contributed by atoms with Crippen LogP contribution < -0.4 is 0 Å². The van der Waals surface area contributed by atoms with Crippen LogP contribution in [0.3, 0.4) is 0 Å². The third-order valence-corrected chi connectivity index (χ3v) is 4.46. The molecule has 1 saturated carbocycles. The number of benzene rings is 1. The Morgan fingerprint density at radius 3 is 2.79 bits per heavy atom. The van der Waals surface area contributed by atoms with Gasteiger partial charge in [-0.25, -0.2) is 4.79 Å². The Morgan fingerprint density at radius 2 is 2.16 bits per heavy atom. The molecule has 102 valence electrons. The van der Waals surface area contributed by atoms with Crippen molar-refractivity contribution in [3.05, 3.63) is 35.9 Å². The summed E-state index contributed by atoms with van der Waals surface area (Å²) in [4.78, 5) is 16.1. The number of amides is 1. The maximum Gasteiger partial charge on any atom is 0.410 e. The molecular formula is C15H20N2O2. The second-order valence-corrected chi connectivity index (χ2v) is 5.82. The Hall–Kier alpha value is -1.55. The smallest absolute Gasteiger partial charge is 0.410 e. The molecule has 2 fully saturated rings. The third-order valence-electron chi connectivity index (χ3n) is 4.46. The normalized spacial score (nSPS) is 28.4. The van der Waals surface area contributed by atoms with Crippen LogP contribution in [0.15, 0.2) is 30.3 Å². The van der Waals surface area contributed by atoms with E-state index in [4.69, 9.17) is 4.74 Å².